The molecule has 0 aliphatic rings. The fraction of sp³-hybridized carbons (Fsp3) is 0.667. The number of hydrogen-bond donors (Lipinski definition) is 0. The van der Waals surface area contributed by atoms with Gasteiger partial charge in [-0.3, -0.25) is 0 Å². The Kier molecular flexibility index (Phi) is 10.2. The molecular formula is C12H17BrI2OS. The maximum atomic E-state index is 5.67. The number of hydrogen-bond acceptors (Lipinski definition) is 2. The molecule has 0 N–H and O–H groups in total. The van der Waals surface area contributed by atoms with Gasteiger partial charge in [-0.1, -0.05) is 28.8 Å². The Bertz CT molecular complexity index is 317. The fourth-order valence-electron chi connectivity index (χ4n) is 1.48. The van der Waals surface area contributed by atoms with Crippen LogP contribution >= 0.6 is 72.4 Å². The Morgan fingerprint density at radius 3 is 2.53 bits per heavy atom. The molecule has 1 heterocycles. The van der Waals surface area contributed by atoms with Crippen LogP contribution in [0.5, 0.6) is 0 Å². The topological polar surface area (TPSA) is 9.23 Å². The van der Waals surface area contributed by atoms with Crippen molar-refractivity contribution in [3.05, 3.63) is 17.4 Å². The van der Waals surface area contributed by atoms with E-state index in [2.05, 4.69) is 67.2 Å². The van der Waals surface area contributed by atoms with Crippen LogP contribution in [0.3, 0.4) is 0 Å². The summed E-state index contributed by atoms with van der Waals surface area (Å²) in [5, 5.41) is 1.13. The largest absolute Gasteiger partial charge is 0.381 e. The molecule has 0 atom stereocenters. The van der Waals surface area contributed by atoms with Gasteiger partial charge < -0.3 is 4.74 Å². The van der Waals surface area contributed by atoms with Gasteiger partial charge >= 0.3 is 0 Å². The highest BCUT2D eigenvalue weighted by Crippen LogP contribution is 2.25. The van der Waals surface area contributed by atoms with E-state index >= 15 is 0 Å². The summed E-state index contributed by atoms with van der Waals surface area (Å²) >= 11 is 10.1. The zero-order valence-electron chi connectivity index (χ0n) is 9.68. The summed E-state index contributed by atoms with van der Waals surface area (Å²) in [6.07, 6.45) is 6.14. The smallest absolute Gasteiger partial charge is 0.0697 e. The molecule has 0 aliphatic heterocycles. The van der Waals surface area contributed by atoms with Gasteiger partial charge in [0.05, 0.1) is 12.4 Å². The maximum absolute atomic E-state index is 5.67. The minimum Gasteiger partial charge on any atom is -0.381 e. The van der Waals surface area contributed by atoms with E-state index in [9.17, 15) is 0 Å². The van der Waals surface area contributed by atoms with Crippen LogP contribution < -0.4 is 0 Å². The van der Waals surface area contributed by atoms with Gasteiger partial charge in [0, 0.05) is 11.9 Å². The van der Waals surface area contributed by atoms with Gasteiger partial charge in [-0.05, 0) is 76.1 Å². The van der Waals surface area contributed by atoms with Crippen molar-refractivity contribution in [2.75, 3.05) is 18.5 Å². The Morgan fingerprint density at radius 1 is 1.12 bits per heavy atom. The van der Waals surface area contributed by atoms with E-state index in [0.717, 1.165) is 25.0 Å². The van der Waals surface area contributed by atoms with E-state index in [4.69, 9.17) is 4.74 Å². The number of ether oxygens (including phenoxy) is 1. The minimum atomic E-state index is 0.862. The Balaban J connectivity index is 1.99. The molecule has 0 unspecified atom stereocenters. The lowest BCUT2D eigenvalue weighted by Gasteiger charge is -2.03. The third kappa shape index (κ3) is 7.69. The molecule has 0 spiro atoms. The predicted octanol–water partition coefficient (Wildman–Crippen LogP) is 5.47. The molecule has 0 bridgehead atoms. The maximum Gasteiger partial charge on any atom is 0.0697 e. The normalized spacial score (nSPS) is 11.0. The summed E-state index contributed by atoms with van der Waals surface area (Å²) in [5.74, 6) is 0. The van der Waals surface area contributed by atoms with E-state index in [1.165, 1.54) is 37.0 Å². The van der Waals surface area contributed by atoms with Crippen LogP contribution in [-0.2, 0) is 11.2 Å². The lowest BCUT2D eigenvalue weighted by atomic mass is 10.2. The fourth-order valence-corrected chi connectivity index (χ4v) is 5.98. The molecule has 0 fully saturated rings. The molecule has 98 valence electrons. The van der Waals surface area contributed by atoms with Gasteiger partial charge in [0.15, 0.2) is 0 Å². The van der Waals surface area contributed by atoms with E-state index in [0.29, 0.717) is 0 Å². The summed E-state index contributed by atoms with van der Waals surface area (Å²) < 4.78 is 8.45. The van der Waals surface area contributed by atoms with Crippen molar-refractivity contribution >= 4 is 72.4 Å². The van der Waals surface area contributed by atoms with Crippen molar-refractivity contribution < 1.29 is 4.74 Å². The van der Waals surface area contributed by atoms with Crippen LogP contribution in [0.25, 0.3) is 0 Å². The second kappa shape index (κ2) is 10.4. The molecule has 5 heteroatoms. The van der Waals surface area contributed by atoms with Crippen molar-refractivity contribution in [2.24, 2.45) is 0 Å². The highest BCUT2D eigenvalue weighted by Gasteiger charge is 2.04. The van der Waals surface area contributed by atoms with Gasteiger partial charge in [-0.25, -0.2) is 0 Å². The van der Waals surface area contributed by atoms with Crippen molar-refractivity contribution in [1.29, 1.82) is 0 Å². The number of unbranched alkanes of at least 4 members (excludes halogenated alkanes) is 3. The summed E-state index contributed by atoms with van der Waals surface area (Å²) in [4.78, 5) is 0. The standard InChI is InChI=1S/C12H17BrI2OS/c13-6-3-1-2-4-7-16-8-5-10-9-11(14)17-12(10)15/h9H,1-8H2. The minimum absolute atomic E-state index is 0.862. The lowest BCUT2D eigenvalue weighted by molar-refractivity contribution is 0.133. The highest BCUT2D eigenvalue weighted by molar-refractivity contribution is 14.1. The summed E-state index contributed by atoms with van der Waals surface area (Å²) in [6, 6.07) is 2.27. The molecule has 0 aromatic carbocycles. The first-order valence-corrected chi connectivity index (χ1v) is 9.91. The van der Waals surface area contributed by atoms with Crippen LogP contribution in [0.2, 0.25) is 0 Å². The summed E-state index contributed by atoms with van der Waals surface area (Å²) in [7, 11) is 0. The SMILES string of the molecule is BrCCCCCCOCCc1cc(I)sc1I. The number of thiophene rings is 1. The average molecular weight is 543 g/mol. The van der Waals surface area contributed by atoms with E-state index in [1.807, 2.05) is 11.3 Å². The second-order valence-corrected chi connectivity index (χ2v) is 9.37. The monoisotopic (exact) mass is 542 g/mol. The molecule has 0 saturated heterocycles. The number of halogens is 3. The second-order valence-electron chi connectivity index (χ2n) is 3.82. The third-order valence-electron chi connectivity index (χ3n) is 2.42. The van der Waals surface area contributed by atoms with Crippen molar-refractivity contribution in [3.63, 3.8) is 0 Å². The molecule has 0 radical (unpaired) electrons. The van der Waals surface area contributed by atoms with Gasteiger partial charge in [0.25, 0.3) is 0 Å². The molecular weight excluding hydrogens is 526 g/mol. The van der Waals surface area contributed by atoms with Crippen LogP contribution in [0.1, 0.15) is 31.2 Å². The third-order valence-corrected chi connectivity index (χ3v) is 6.06. The zero-order valence-corrected chi connectivity index (χ0v) is 16.4. The van der Waals surface area contributed by atoms with E-state index in [-0.39, 0.29) is 0 Å². The lowest BCUT2D eigenvalue weighted by Crippen LogP contribution is -2.00. The Labute approximate surface area is 143 Å². The molecule has 0 aliphatic carbocycles. The Morgan fingerprint density at radius 2 is 1.88 bits per heavy atom. The number of alkyl halides is 1. The van der Waals surface area contributed by atoms with Crippen LogP contribution in [0.4, 0.5) is 0 Å². The molecule has 17 heavy (non-hydrogen) atoms. The number of rotatable bonds is 9. The van der Waals surface area contributed by atoms with Crippen LogP contribution in [0.15, 0.2) is 6.07 Å². The van der Waals surface area contributed by atoms with Crippen LogP contribution in [0, 0.1) is 5.77 Å². The summed E-state index contributed by atoms with van der Waals surface area (Å²) in [5.41, 5.74) is 1.44. The quantitative estimate of drug-likeness (QED) is 0.228. The van der Waals surface area contributed by atoms with Gasteiger partial charge in [0.2, 0.25) is 0 Å². The summed E-state index contributed by atoms with van der Waals surface area (Å²) in [6.45, 7) is 1.78. The first-order valence-electron chi connectivity index (χ1n) is 5.81. The predicted molar refractivity (Wildman–Crippen MR) is 96.5 cm³/mol. The van der Waals surface area contributed by atoms with E-state index < -0.39 is 0 Å². The van der Waals surface area contributed by atoms with Crippen molar-refractivity contribution in [1.82, 2.24) is 0 Å². The molecule has 0 amide bonds. The first-order chi connectivity index (χ1) is 8.24. The van der Waals surface area contributed by atoms with Gasteiger partial charge in [-0.15, -0.1) is 11.3 Å². The van der Waals surface area contributed by atoms with Gasteiger partial charge in [-0.2, -0.15) is 0 Å². The highest BCUT2D eigenvalue weighted by atomic mass is 127. The zero-order chi connectivity index (χ0) is 12.5. The molecule has 1 nitrogen and oxygen atoms in total. The van der Waals surface area contributed by atoms with Crippen LogP contribution in [-0.4, -0.2) is 18.5 Å². The average Bonchev–Trinajstić information content (AvgIpc) is 2.61. The molecule has 1 aromatic rings. The van der Waals surface area contributed by atoms with E-state index in [1.54, 1.807) is 0 Å². The van der Waals surface area contributed by atoms with Gasteiger partial charge in [0.1, 0.15) is 0 Å². The molecule has 1 aromatic heterocycles. The van der Waals surface area contributed by atoms with Crippen molar-refractivity contribution in [2.45, 2.75) is 32.1 Å². The molecule has 1 rings (SSSR count). The molecule has 0 saturated carbocycles. The van der Waals surface area contributed by atoms with Crippen molar-refractivity contribution in [3.8, 4) is 0 Å². The first kappa shape index (κ1) is 16.7. The Hall–Kier alpha value is 1.60.